The Kier molecular flexibility index (Phi) is 4.60. The zero-order valence-corrected chi connectivity index (χ0v) is 14.5. The van der Waals surface area contributed by atoms with Gasteiger partial charge in [-0.1, -0.05) is 0 Å². The van der Waals surface area contributed by atoms with Gasteiger partial charge < -0.3 is 14.6 Å². The lowest BCUT2D eigenvalue weighted by atomic mass is 10.1. The number of hydrogen-bond acceptors (Lipinski definition) is 4. The lowest BCUT2D eigenvalue weighted by Crippen LogP contribution is -2.42. The minimum Gasteiger partial charge on any atom is -0.461 e. The van der Waals surface area contributed by atoms with Crippen molar-refractivity contribution in [1.29, 1.82) is 0 Å². The van der Waals surface area contributed by atoms with Gasteiger partial charge in [0.15, 0.2) is 0 Å². The maximum absolute atomic E-state index is 12.2. The van der Waals surface area contributed by atoms with Crippen molar-refractivity contribution in [3.63, 3.8) is 0 Å². The zero-order chi connectivity index (χ0) is 16.5. The highest BCUT2D eigenvalue weighted by atomic mass is 32.1. The molecule has 0 spiro atoms. The second kappa shape index (κ2) is 6.12. The van der Waals surface area contributed by atoms with Gasteiger partial charge in [-0.15, -0.1) is 11.3 Å². The standard InChI is InChI=1S/C16H22N2O3S/c1-6-21-15(20)12-8-13-11(7-10(2)22-13)18(12)9-14(19)17-16(3,4)5/h7-8H,6,9H2,1-5H3,(H,17,19). The molecule has 0 fully saturated rings. The summed E-state index contributed by atoms with van der Waals surface area (Å²) in [5.41, 5.74) is 1.01. The van der Waals surface area contributed by atoms with Crippen molar-refractivity contribution in [1.82, 2.24) is 9.88 Å². The number of hydrogen-bond donors (Lipinski definition) is 1. The maximum atomic E-state index is 12.2. The molecule has 0 aliphatic rings. The van der Waals surface area contributed by atoms with E-state index in [0.29, 0.717) is 12.3 Å². The topological polar surface area (TPSA) is 60.3 Å². The summed E-state index contributed by atoms with van der Waals surface area (Å²) in [6.45, 7) is 9.97. The molecule has 0 bridgehead atoms. The number of carbonyl (C=O) groups is 2. The first-order valence-corrected chi connectivity index (χ1v) is 8.10. The Balaban J connectivity index is 2.38. The molecule has 1 N–H and O–H groups in total. The van der Waals surface area contributed by atoms with Crippen molar-refractivity contribution in [2.24, 2.45) is 0 Å². The van der Waals surface area contributed by atoms with E-state index in [1.165, 1.54) is 0 Å². The summed E-state index contributed by atoms with van der Waals surface area (Å²) >= 11 is 1.60. The lowest BCUT2D eigenvalue weighted by molar-refractivity contribution is -0.123. The molecule has 0 aromatic carbocycles. The number of nitrogens with one attached hydrogen (secondary N) is 1. The largest absolute Gasteiger partial charge is 0.461 e. The molecule has 6 heteroatoms. The van der Waals surface area contributed by atoms with Gasteiger partial charge in [0.25, 0.3) is 0 Å². The fourth-order valence-electron chi connectivity index (χ4n) is 2.31. The molecular weight excluding hydrogens is 300 g/mol. The fourth-order valence-corrected chi connectivity index (χ4v) is 3.27. The van der Waals surface area contributed by atoms with E-state index in [0.717, 1.165) is 15.1 Å². The zero-order valence-electron chi connectivity index (χ0n) is 13.6. The van der Waals surface area contributed by atoms with Crippen LogP contribution in [0.5, 0.6) is 0 Å². The van der Waals surface area contributed by atoms with E-state index in [1.54, 1.807) is 28.9 Å². The van der Waals surface area contributed by atoms with Crippen LogP contribution in [0.4, 0.5) is 0 Å². The Bertz CT molecular complexity index is 707. The van der Waals surface area contributed by atoms with Gasteiger partial charge in [-0.25, -0.2) is 4.79 Å². The summed E-state index contributed by atoms with van der Waals surface area (Å²) in [6.07, 6.45) is 0. The van der Waals surface area contributed by atoms with E-state index in [1.807, 2.05) is 33.8 Å². The molecule has 0 aliphatic heterocycles. The van der Waals surface area contributed by atoms with Gasteiger partial charge >= 0.3 is 5.97 Å². The van der Waals surface area contributed by atoms with Crippen LogP contribution in [0.1, 0.15) is 43.1 Å². The highest BCUT2D eigenvalue weighted by Crippen LogP contribution is 2.29. The van der Waals surface area contributed by atoms with Crippen molar-refractivity contribution >= 4 is 33.4 Å². The van der Waals surface area contributed by atoms with Gasteiger partial charge in [0.05, 0.1) is 16.8 Å². The molecule has 2 aromatic heterocycles. The molecule has 2 aromatic rings. The fraction of sp³-hybridized carbons (Fsp3) is 0.500. The van der Waals surface area contributed by atoms with Crippen molar-refractivity contribution in [3.8, 4) is 0 Å². The highest BCUT2D eigenvalue weighted by Gasteiger charge is 2.21. The second-order valence-electron chi connectivity index (χ2n) is 6.24. The van der Waals surface area contributed by atoms with Crippen LogP contribution in [0.25, 0.3) is 10.2 Å². The van der Waals surface area contributed by atoms with Gasteiger partial charge in [-0.05, 0) is 46.8 Å². The smallest absolute Gasteiger partial charge is 0.355 e. The Morgan fingerprint density at radius 1 is 1.32 bits per heavy atom. The SMILES string of the molecule is CCOC(=O)c1cc2sc(C)cc2n1CC(=O)NC(C)(C)C. The highest BCUT2D eigenvalue weighted by molar-refractivity contribution is 7.19. The van der Waals surface area contributed by atoms with Crippen LogP contribution in [0, 0.1) is 6.92 Å². The first kappa shape index (κ1) is 16.5. The second-order valence-corrected chi connectivity index (χ2v) is 7.53. The van der Waals surface area contributed by atoms with Crippen LogP contribution in [-0.2, 0) is 16.1 Å². The third-order valence-corrected chi connectivity index (χ3v) is 4.00. The van der Waals surface area contributed by atoms with Crippen LogP contribution >= 0.6 is 11.3 Å². The average Bonchev–Trinajstić information content (AvgIpc) is 2.85. The Hall–Kier alpha value is -1.82. The summed E-state index contributed by atoms with van der Waals surface area (Å²) < 4.78 is 7.82. The third-order valence-electron chi connectivity index (χ3n) is 3.01. The predicted molar refractivity (Wildman–Crippen MR) is 88.4 cm³/mol. The van der Waals surface area contributed by atoms with E-state index in [2.05, 4.69) is 5.32 Å². The van der Waals surface area contributed by atoms with Crippen molar-refractivity contribution in [2.75, 3.05) is 6.61 Å². The van der Waals surface area contributed by atoms with Crippen LogP contribution in [0.3, 0.4) is 0 Å². The Labute approximate surface area is 134 Å². The number of thiophene rings is 1. The molecule has 0 atom stereocenters. The van der Waals surface area contributed by atoms with E-state index in [9.17, 15) is 9.59 Å². The van der Waals surface area contributed by atoms with E-state index >= 15 is 0 Å². The van der Waals surface area contributed by atoms with Gasteiger partial charge in [0.1, 0.15) is 12.2 Å². The molecule has 5 nitrogen and oxygen atoms in total. The minimum absolute atomic E-state index is 0.102. The number of esters is 1. The van der Waals surface area contributed by atoms with Crippen LogP contribution < -0.4 is 5.32 Å². The molecule has 1 amide bonds. The maximum Gasteiger partial charge on any atom is 0.355 e. The van der Waals surface area contributed by atoms with Gasteiger partial charge in [0, 0.05) is 10.4 Å². The lowest BCUT2D eigenvalue weighted by Gasteiger charge is -2.21. The molecule has 2 heterocycles. The molecule has 0 radical (unpaired) electrons. The number of aryl methyl sites for hydroxylation is 1. The first-order valence-electron chi connectivity index (χ1n) is 7.29. The summed E-state index contributed by atoms with van der Waals surface area (Å²) in [4.78, 5) is 25.5. The van der Waals surface area contributed by atoms with Crippen LogP contribution in [0.2, 0.25) is 0 Å². The van der Waals surface area contributed by atoms with Crippen molar-refractivity contribution in [3.05, 3.63) is 22.7 Å². The van der Waals surface area contributed by atoms with Gasteiger partial charge in [-0.3, -0.25) is 4.79 Å². The molecule has 0 aliphatic carbocycles. The number of rotatable bonds is 4. The number of amides is 1. The Morgan fingerprint density at radius 3 is 2.59 bits per heavy atom. The van der Waals surface area contributed by atoms with E-state index in [-0.39, 0.29) is 18.0 Å². The quantitative estimate of drug-likeness (QED) is 0.880. The minimum atomic E-state index is -0.396. The average molecular weight is 322 g/mol. The van der Waals surface area contributed by atoms with Crippen LogP contribution in [0.15, 0.2) is 12.1 Å². The van der Waals surface area contributed by atoms with E-state index < -0.39 is 5.97 Å². The van der Waals surface area contributed by atoms with E-state index in [4.69, 9.17) is 4.74 Å². The number of nitrogens with zero attached hydrogens (tertiary/aromatic N) is 1. The molecule has 22 heavy (non-hydrogen) atoms. The summed E-state index contributed by atoms with van der Waals surface area (Å²) in [5, 5.41) is 2.92. The van der Waals surface area contributed by atoms with Crippen molar-refractivity contribution < 1.29 is 14.3 Å². The summed E-state index contributed by atoms with van der Waals surface area (Å²) in [7, 11) is 0. The third kappa shape index (κ3) is 3.68. The Morgan fingerprint density at radius 2 is 2.00 bits per heavy atom. The molecule has 2 rings (SSSR count). The number of fused-ring (bicyclic) bond motifs is 1. The number of aromatic nitrogens is 1. The molecule has 120 valence electrons. The summed E-state index contributed by atoms with van der Waals surface area (Å²) in [5.74, 6) is -0.522. The predicted octanol–water partition coefficient (Wildman–Crippen LogP) is 3.10. The number of ether oxygens (including phenoxy) is 1. The summed E-state index contributed by atoms with van der Waals surface area (Å²) in [6, 6.07) is 3.79. The first-order chi connectivity index (χ1) is 10.2. The molecule has 0 unspecified atom stereocenters. The molecule has 0 saturated carbocycles. The van der Waals surface area contributed by atoms with Gasteiger partial charge in [-0.2, -0.15) is 0 Å². The normalized spacial score (nSPS) is 11.7. The monoisotopic (exact) mass is 322 g/mol. The van der Waals surface area contributed by atoms with Gasteiger partial charge in [0.2, 0.25) is 5.91 Å². The molecule has 0 saturated heterocycles. The van der Waals surface area contributed by atoms with Crippen LogP contribution in [-0.4, -0.2) is 28.6 Å². The molecular formula is C16H22N2O3S. The van der Waals surface area contributed by atoms with Crippen molar-refractivity contribution in [2.45, 2.75) is 46.7 Å². The number of carbonyl (C=O) groups excluding carboxylic acids is 2.